The fraction of sp³-hybridized carbons (Fsp3) is 0.692. The van der Waals surface area contributed by atoms with Gasteiger partial charge in [-0.15, -0.1) is 0 Å². The lowest BCUT2D eigenvalue weighted by atomic mass is 10.0. The van der Waals surface area contributed by atoms with E-state index in [2.05, 4.69) is 0 Å². The number of carbonyl (C=O) groups is 2. The highest BCUT2D eigenvalue weighted by atomic mass is 16.5. The lowest BCUT2D eigenvalue weighted by molar-refractivity contribution is 0.0482. The van der Waals surface area contributed by atoms with Crippen molar-refractivity contribution in [2.45, 2.75) is 90.4 Å². The summed E-state index contributed by atoms with van der Waals surface area (Å²) >= 11 is 0. The third kappa shape index (κ3) is 8.12. The van der Waals surface area contributed by atoms with Gasteiger partial charge in [-0.25, -0.2) is 9.59 Å². The first-order chi connectivity index (χ1) is 14.7. The van der Waals surface area contributed by atoms with Crippen LogP contribution in [0, 0.1) is 11.8 Å². The van der Waals surface area contributed by atoms with Gasteiger partial charge < -0.3 is 9.47 Å². The SMILES string of the molecule is CCc1cc(C(=O)OCCCCCC2CC2)ccc1C(=O)OCCCCCC1CC1. The van der Waals surface area contributed by atoms with E-state index in [4.69, 9.17) is 9.47 Å². The summed E-state index contributed by atoms with van der Waals surface area (Å²) in [5.74, 6) is 1.35. The molecule has 0 heterocycles. The number of hydrogen-bond donors (Lipinski definition) is 0. The molecular weight excluding hydrogens is 376 g/mol. The van der Waals surface area contributed by atoms with E-state index in [1.807, 2.05) is 6.92 Å². The van der Waals surface area contributed by atoms with E-state index in [0.717, 1.165) is 43.1 Å². The van der Waals surface area contributed by atoms with Crippen LogP contribution in [0.4, 0.5) is 0 Å². The van der Waals surface area contributed by atoms with Crippen molar-refractivity contribution in [2.24, 2.45) is 11.8 Å². The molecule has 30 heavy (non-hydrogen) atoms. The largest absolute Gasteiger partial charge is 0.462 e. The Bertz CT molecular complexity index is 688. The molecule has 2 aliphatic carbocycles. The minimum absolute atomic E-state index is 0.287. The molecule has 0 atom stereocenters. The average molecular weight is 415 g/mol. The zero-order valence-electron chi connectivity index (χ0n) is 18.6. The van der Waals surface area contributed by atoms with Crippen molar-refractivity contribution in [3.05, 3.63) is 34.9 Å². The van der Waals surface area contributed by atoms with Gasteiger partial charge in [-0.2, -0.15) is 0 Å². The Balaban J connectivity index is 1.36. The summed E-state index contributed by atoms with van der Waals surface area (Å²) in [4.78, 5) is 24.8. The molecule has 2 saturated carbocycles. The van der Waals surface area contributed by atoms with Crippen LogP contribution in [0.15, 0.2) is 18.2 Å². The number of aryl methyl sites for hydroxylation is 1. The Morgan fingerprint density at radius 2 is 1.37 bits per heavy atom. The van der Waals surface area contributed by atoms with E-state index in [1.54, 1.807) is 18.2 Å². The molecule has 2 fully saturated rings. The molecule has 0 radical (unpaired) electrons. The van der Waals surface area contributed by atoms with Crippen molar-refractivity contribution in [2.75, 3.05) is 13.2 Å². The summed E-state index contributed by atoms with van der Waals surface area (Å²) in [7, 11) is 0. The van der Waals surface area contributed by atoms with Crippen LogP contribution in [0.5, 0.6) is 0 Å². The first kappa shape index (κ1) is 22.8. The molecule has 1 aromatic carbocycles. The average Bonchev–Trinajstić information content (AvgIpc) is 3.67. The molecule has 3 rings (SSSR count). The molecule has 4 heteroatoms. The molecule has 0 saturated heterocycles. The molecular formula is C26H38O4. The first-order valence-electron chi connectivity index (χ1n) is 12.1. The van der Waals surface area contributed by atoms with Gasteiger partial charge in [-0.1, -0.05) is 71.1 Å². The van der Waals surface area contributed by atoms with E-state index in [0.29, 0.717) is 30.8 Å². The molecule has 0 aromatic heterocycles. The number of ether oxygens (including phenoxy) is 2. The van der Waals surface area contributed by atoms with Crippen molar-refractivity contribution in [3.8, 4) is 0 Å². The molecule has 2 aliphatic rings. The highest BCUT2D eigenvalue weighted by Crippen LogP contribution is 2.34. The summed E-state index contributed by atoms with van der Waals surface area (Å²) in [6.07, 6.45) is 15.5. The molecule has 0 amide bonds. The Morgan fingerprint density at radius 1 is 0.800 bits per heavy atom. The second-order valence-electron chi connectivity index (χ2n) is 9.08. The fourth-order valence-electron chi connectivity index (χ4n) is 3.94. The Morgan fingerprint density at radius 3 is 1.90 bits per heavy atom. The van der Waals surface area contributed by atoms with Crippen LogP contribution in [-0.4, -0.2) is 25.2 Å². The molecule has 0 spiro atoms. The van der Waals surface area contributed by atoms with Crippen molar-refractivity contribution in [1.29, 1.82) is 0 Å². The zero-order valence-corrected chi connectivity index (χ0v) is 18.6. The van der Waals surface area contributed by atoms with Crippen LogP contribution in [0.25, 0.3) is 0 Å². The standard InChI is InChI=1S/C26H38O4/c1-2-22-19-23(25(27)29-17-7-3-5-9-20-11-12-20)15-16-24(22)26(28)30-18-8-4-6-10-21-13-14-21/h15-16,19-21H,2-14,17-18H2,1H3. The molecule has 4 nitrogen and oxygen atoms in total. The maximum absolute atomic E-state index is 12.4. The van der Waals surface area contributed by atoms with E-state index in [-0.39, 0.29) is 11.9 Å². The smallest absolute Gasteiger partial charge is 0.338 e. The van der Waals surface area contributed by atoms with E-state index >= 15 is 0 Å². The van der Waals surface area contributed by atoms with E-state index < -0.39 is 0 Å². The number of benzene rings is 1. The fourth-order valence-corrected chi connectivity index (χ4v) is 3.94. The van der Waals surface area contributed by atoms with Crippen molar-refractivity contribution >= 4 is 11.9 Å². The third-order valence-electron chi connectivity index (χ3n) is 6.32. The van der Waals surface area contributed by atoms with Gasteiger partial charge >= 0.3 is 11.9 Å². The van der Waals surface area contributed by atoms with Gasteiger partial charge in [0.1, 0.15) is 0 Å². The Hall–Kier alpha value is -1.84. The van der Waals surface area contributed by atoms with E-state index in [9.17, 15) is 9.59 Å². The van der Waals surface area contributed by atoms with Crippen molar-refractivity contribution in [3.63, 3.8) is 0 Å². The predicted molar refractivity (Wildman–Crippen MR) is 119 cm³/mol. The normalized spacial score (nSPS) is 15.8. The monoisotopic (exact) mass is 414 g/mol. The van der Waals surface area contributed by atoms with Crippen LogP contribution in [0.3, 0.4) is 0 Å². The number of esters is 2. The van der Waals surface area contributed by atoms with Gasteiger partial charge in [0.15, 0.2) is 0 Å². The summed E-state index contributed by atoms with van der Waals surface area (Å²) in [5.41, 5.74) is 1.92. The molecule has 166 valence electrons. The van der Waals surface area contributed by atoms with Gasteiger partial charge in [-0.05, 0) is 54.9 Å². The van der Waals surface area contributed by atoms with Crippen LogP contribution < -0.4 is 0 Å². The third-order valence-corrected chi connectivity index (χ3v) is 6.32. The summed E-state index contributed by atoms with van der Waals surface area (Å²) < 4.78 is 10.9. The van der Waals surface area contributed by atoms with Gasteiger partial charge in [0.05, 0.1) is 24.3 Å². The van der Waals surface area contributed by atoms with E-state index in [1.165, 1.54) is 51.4 Å². The van der Waals surface area contributed by atoms with Crippen LogP contribution in [-0.2, 0) is 15.9 Å². The highest BCUT2D eigenvalue weighted by molar-refractivity contribution is 5.94. The highest BCUT2D eigenvalue weighted by Gasteiger charge is 2.21. The maximum Gasteiger partial charge on any atom is 0.338 e. The van der Waals surface area contributed by atoms with Crippen LogP contribution >= 0.6 is 0 Å². The molecule has 0 N–H and O–H groups in total. The van der Waals surface area contributed by atoms with Gasteiger partial charge in [0.2, 0.25) is 0 Å². The van der Waals surface area contributed by atoms with Crippen LogP contribution in [0.2, 0.25) is 0 Å². The Labute approximate surface area is 181 Å². The van der Waals surface area contributed by atoms with Gasteiger partial charge in [0, 0.05) is 0 Å². The molecule has 0 unspecified atom stereocenters. The summed E-state index contributed by atoms with van der Waals surface area (Å²) in [6, 6.07) is 5.17. The quantitative estimate of drug-likeness (QED) is 0.243. The van der Waals surface area contributed by atoms with Gasteiger partial charge in [-0.3, -0.25) is 0 Å². The first-order valence-corrected chi connectivity index (χ1v) is 12.1. The second-order valence-corrected chi connectivity index (χ2v) is 9.08. The number of unbranched alkanes of at least 4 members (excludes halogenated alkanes) is 4. The molecule has 1 aromatic rings. The number of hydrogen-bond acceptors (Lipinski definition) is 4. The maximum atomic E-state index is 12.4. The lowest BCUT2D eigenvalue weighted by Crippen LogP contribution is -2.12. The lowest BCUT2D eigenvalue weighted by Gasteiger charge is -2.11. The topological polar surface area (TPSA) is 52.6 Å². The second kappa shape index (κ2) is 12.1. The number of carbonyl (C=O) groups excluding carboxylic acids is 2. The summed E-state index contributed by atoms with van der Waals surface area (Å²) in [5, 5.41) is 0. The van der Waals surface area contributed by atoms with Crippen molar-refractivity contribution < 1.29 is 19.1 Å². The number of rotatable bonds is 15. The van der Waals surface area contributed by atoms with Crippen LogP contribution in [0.1, 0.15) is 110 Å². The van der Waals surface area contributed by atoms with Crippen molar-refractivity contribution in [1.82, 2.24) is 0 Å². The molecule has 0 aliphatic heterocycles. The summed E-state index contributed by atoms with van der Waals surface area (Å²) in [6.45, 7) is 2.92. The zero-order chi connectivity index (χ0) is 21.2. The Kier molecular flexibility index (Phi) is 9.23. The predicted octanol–water partition coefficient (Wildman–Crippen LogP) is 6.50. The van der Waals surface area contributed by atoms with Gasteiger partial charge in [0.25, 0.3) is 0 Å². The minimum atomic E-state index is -0.303. The minimum Gasteiger partial charge on any atom is -0.462 e. The molecule has 0 bridgehead atoms.